The lowest BCUT2D eigenvalue weighted by atomic mass is 10.1. The maximum Gasteiger partial charge on any atom is 0.0619 e. The van der Waals surface area contributed by atoms with Crippen molar-refractivity contribution in [1.82, 2.24) is 10.2 Å². The van der Waals surface area contributed by atoms with Crippen LogP contribution in [0, 0.1) is 0 Å². The summed E-state index contributed by atoms with van der Waals surface area (Å²) < 4.78 is 5.47. The lowest BCUT2D eigenvalue weighted by molar-refractivity contribution is -0.0224. The summed E-state index contributed by atoms with van der Waals surface area (Å²) in [7, 11) is 0. The standard InChI is InChI=1S/C11H22N2O/c1-10-9-14-7-6-13(10)11-4-2-3-5-12-8-11/h10-12H,2-9H2,1H3. The van der Waals surface area contributed by atoms with E-state index in [0.717, 1.165) is 25.8 Å². The van der Waals surface area contributed by atoms with Gasteiger partial charge in [0.1, 0.15) is 0 Å². The Labute approximate surface area is 86.8 Å². The summed E-state index contributed by atoms with van der Waals surface area (Å²) in [6.45, 7) is 7.61. The molecule has 0 aromatic heterocycles. The van der Waals surface area contributed by atoms with Crippen LogP contribution in [-0.2, 0) is 4.74 Å². The molecular weight excluding hydrogens is 176 g/mol. The summed E-state index contributed by atoms with van der Waals surface area (Å²) >= 11 is 0. The Hall–Kier alpha value is -0.120. The van der Waals surface area contributed by atoms with Gasteiger partial charge in [0.05, 0.1) is 13.2 Å². The maximum absolute atomic E-state index is 5.47. The monoisotopic (exact) mass is 198 g/mol. The van der Waals surface area contributed by atoms with Crippen LogP contribution in [0.1, 0.15) is 26.2 Å². The van der Waals surface area contributed by atoms with Crippen molar-refractivity contribution >= 4 is 0 Å². The normalized spacial score (nSPS) is 36.6. The van der Waals surface area contributed by atoms with Gasteiger partial charge in [0.15, 0.2) is 0 Å². The molecule has 0 aromatic carbocycles. The Morgan fingerprint density at radius 3 is 3.14 bits per heavy atom. The number of hydrogen-bond donors (Lipinski definition) is 1. The van der Waals surface area contributed by atoms with Gasteiger partial charge in [-0.3, -0.25) is 4.90 Å². The molecule has 3 nitrogen and oxygen atoms in total. The van der Waals surface area contributed by atoms with Crippen molar-refractivity contribution in [3.63, 3.8) is 0 Å². The van der Waals surface area contributed by atoms with Gasteiger partial charge in [-0.25, -0.2) is 0 Å². The lowest BCUT2D eigenvalue weighted by Crippen LogP contribution is -2.52. The number of morpholine rings is 1. The molecule has 2 heterocycles. The molecule has 2 rings (SSSR count). The third kappa shape index (κ3) is 2.47. The highest BCUT2D eigenvalue weighted by Crippen LogP contribution is 2.16. The fourth-order valence-electron chi connectivity index (χ4n) is 2.57. The minimum Gasteiger partial charge on any atom is -0.379 e. The van der Waals surface area contributed by atoms with Crippen LogP contribution < -0.4 is 5.32 Å². The fourth-order valence-corrected chi connectivity index (χ4v) is 2.57. The van der Waals surface area contributed by atoms with Gasteiger partial charge in [-0.05, 0) is 26.3 Å². The van der Waals surface area contributed by atoms with E-state index in [-0.39, 0.29) is 0 Å². The van der Waals surface area contributed by atoms with Crippen molar-refractivity contribution in [3.8, 4) is 0 Å². The van der Waals surface area contributed by atoms with E-state index in [1.165, 1.54) is 32.4 Å². The number of nitrogens with one attached hydrogen (secondary N) is 1. The Bertz CT molecular complexity index is 167. The minimum atomic E-state index is 0.605. The van der Waals surface area contributed by atoms with Gasteiger partial charge >= 0.3 is 0 Å². The summed E-state index contributed by atoms with van der Waals surface area (Å²) in [4.78, 5) is 2.63. The van der Waals surface area contributed by atoms with Crippen molar-refractivity contribution in [2.45, 2.75) is 38.3 Å². The summed E-state index contributed by atoms with van der Waals surface area (Å²) in [6, 6.07) is 1.35. The summed E-state index contributed by atoms with van der Waals surface area (Å²) in [5.41, 5.74) is 0. The van der Waals surface area contributed by atoms with Crippen molar-refractivity contribution in [2.24, 2.45) is 0 Å². The molecule has 0 radical (unpaired) electrons. The molecule has 2 atom stereocenters. The van der Waals surface area contributed by atoms with Crippen LogP contribution in [0.3, 0.4) is 0 Å². The molecule has 2 aliphatic rings. The van der Waals surface area contributed by atoms with Crippen molar-refractivity contribution in [1.29, 1.82) is 0 Å². The minimum absolute atomic E-state index is 0.605. The molecule has 0 saturated carbocycles. The molecule has 2 unspecified atom stereocenters. The first-order valence-electron chi connectivity index (χ1n) is 5.92. The van der Waals surface area contributed by atoms with Gasteiger partial charge in [0.25, 0.3) is 0 Å². The van der Waals surface area contributed by atoms with Crippen LogP contribution >= 0.6 is 0 Å². The Morgan fingerprint density at radius 2 is 2.29 bits per heavy atom. The van der Waals surface area contributed by atoms with Crippen molar-refractivity contribution < 1.29 is 4.74 Å². The van der Waals surface area contributed by atoms with Crippen LogP contribution in [0.25, 0.3) is 0 Å². The number of nitrogens with zero attached hydrogens (tertiary/aromatic N) is 1. The van der Waals surface area contributed by atoms with E-state index in [4.69, 9.17) is 4.74 Å². The second kappa shape index (κ2) is 5.10. The van der Waals surface area contributed by atoms with Gasteiger partial charge in [0.2, 0.25) is 0 Å². The molecule has 1 N–H and O–H groups in total. The van der Waals surface area contributed by atoms with E-state index >= 15 is 0 Å². The molecule has 0 aliphatic carbocycles. The highest BCUT2D eigenvalue weighted by Gasteiger charge is 2.26. The Kier molecular flexibility index (Phi) is 3.79. The second-order valence-corrected chi connectivity index (χ2v) is 4.52. The maximum atomic E-state index is 5.47. The predicted octanol–water partition coefficient (Wildman–Crippen LogP) is 0.849. The first-order chi connectivity index (χ1) is 6.88. The van der Waals surface area contributed by atoms with Crippen LogP contribution in [0.2, 0.25) is 0 Å². The highest BCUT2D eigenvalue weighted by molar-refractivity contribution is 4.82. The molecule has 0 aromatic rings. The first-order valence-corrected chi connectivity index (χ1v) is 5.92. The quantitative estimate of drug-likeness (QED) is 0.676. The van der Waals surface area contributed by atoms with E-state index in [1.54, 1.807) is 0 Å². The molecule has 82 valence electrons. The van der Waals surface area contributed by atoms with Gasteiger partial charge in [0, 0.05) is 25.2 Å². The largest absolute Gasteiger partial charge is 0.379 e. The third-order valence-electron chi connectivity index (χ3n) is 3.41. The SMILES string of the molecule is CC1COCCN1C1CCCCNC1. The number of ether oxygens (including phenoxy) is 1. The summed E-state index contributed by atoms with van der Waals surface area (Å²) in [5, 5.41) is 3.53. The van der Waals surface area contributed by atoms with Crippen LogP contribution in [0.15, 0.2) is 0 Å². The highest BCUT2D eigenvalue weighted by atomic mass is 16.5. The van der Waals surface area contributed by atoms with E-state index in [2.05, 4.69) is 17.1 Å². The second-order valence-electron chi connectivity index (χ2n) is 4.52. The van der Waals surface area contributed by atoms with E-state index in [0.29, 0.717) is 6.04 Å². The van der Waals surface area contributed by atoms with Crippen LogP contribution in [0.5, 0.6) is 0 Å². The van der Waals surface area contributed by atoms with Crippen molar-refractivity contribution in [3.05, 3.63) is 0 Å². The molecule has 0 spiro atoms. The molecule has 3 heteroatoms. The van der Waals surface area contributed by atoms with E-state index < -0.39 is 0 Å². The summed E-state index contributed by atoms with van der Waals surface area (Å²) in [6.07, 6.45) is 4.08. The fraction of sp³-hybridized carbons (Fsp3) is 1.00. The Balaban J connectivity index is 1.90. The predicted molar refractivity (Wildman–Crippen MR) is 57.5 cm³/mol. The lowest BCUT2D eigenvalue weighted by Gasteiger charge is -2.39. The topological polar surface area (TPSA) is 24.5 Å². The van der Waals surface area contributed by atoms with Gasteiger partial charge in [-0.1, -0.05) is 6.42 Å². The molecule has 14 heavy (non-hydrogen) atoms. The zero-order valence-corrected chi connectivity index (χ0v) is 9.17. The molecule has 2 aliphatic heterocycles. The molecule has 0 bridgehead atoms. The summed E-state index contributed by atoms with van der Waals surface area (Å²) in [5.74, 6) is 0. The van der Waals surface area contributed by atoms with Gasteiger partial charge in [-0.15, -0.1) is 0 Å². The number of hydrogen-bond acceptors (Lipinski definition) is 3. The molecule has 2 saturated heterocycles. The van der Waals surface area contributed by atoms with E-state index in [9.17, 15) is 0 Å². The average Bonchev–Trinajstić information content (AvgIpc) is 2.47. The molecular formula is C11H22N2O. The smallest absolute Gasteiger partial charge is 0.0619 e. The molecule has 2 fully saturated rings. The van der Waals surface area contributed by atoms with Gasteiger partial charge in [-0.2, -0.15) is 0 Å². The first kappa shape index (κ1) is 10.4. The number of rotatable bonds is 1. The van der Waals surface area contributed by atoms with Crippen LogP contribution in [-0.4, -0.2) is 49.8 Å². The van der Waals surface area contributed by atoms with E-state index in [1.807, 2.05) is 0 Å². The average molecular weight is 198 g/mol. The Morgan fingerprint density at radius 1 is 1.36 bits per heavy atom. The zero-order chi connectivity index (χ0) is 9.80. The van der Waals surface area contributed by atoms with Gasteiger partial charge < -0.3 is 10.1 Å². The molecule has 0 amide bonds. The zero-order valence-electron chi connectivity index (χ0n) is 9.17. The van der Waals surface area contributed by atoms with Crippen LogP contribution in [0.4, 0.5) is 0 Å². The van der Waals surface area contributed by atoms with Crippen molar-refractivity contribution in [2.75, 3.05) is 32.8 Å². The third-order valence-corrected chi connectivity index (χ3v) is 3.41.